The predicted molar refractivity (Wildman–Crippen MR) is 139 cm³/mol. The third kappa shape index (κ3) is 3.92. The summed E-state index contributed by atoms with van der Waals surface area (Å²) in [7, 11) is 1.84. The molecule has 0 unspecified atom stereocenters. The second-order valence-corrected chi connectivity index (χ2v) is 9.22. The molecule has 1 fully saturated rings. The van der Waals surface area contributed by atoms with E-state index in [1.807, 2.05) is 38.2 Å². The number of hydrogen-bond acceptors (Lipinski definition) is 6. The van der Waals surface area contributed by atoms with E-state index in [-0.39, 0.29) is 11.6 Å². The van der Waals surface area contributed by atoms with Crippen molar-refractivity contribution in [3.8, 4) is 11.4 Å². The molecule has 1 saturated heterocycles. The zero-order valence-corrected chi connectivity index (χ0v) is 19.9. The van der Waals surface area contributed by atoms with Gasteiger partial charge in [-0.3, -0.25) is 14.5 Å². The van der Waals surface area contributed by atoms with Crippen molar-refractivity contribution in [2.45, 2.75) is 32.2 Å². The van der Waals surface area contributed by atoms with E-state index < -0.39 is 0 Å². The average molecular weight is 469 g/mol. The van der Waals surface area contributed by atoms with E-state index in [4.69, 9.17) is 4.98 Å². The quantitative estimate of drug-likeness (QED) is 0.354. The van der Waals surface area contributed by atoms with Crippen LogP contribution < -0.4 is 15.8 Å². The number of nitrogens with zero attached hydrogens (tertiary/aromatic N) is 5. The highest BCUT2D eigenvalue weighted by molar-refractivity contribution is 5.96. The summed E-state index contributed by atoms with van der Waals surface area (Å²) in [4.78, 5) is 31.4. The van der Waals surface area contributed by atoms with E-state index >= 15 is 0 Å². The molecule has 0 aliphatic carbocycles. The summed E-state index contributed by atoms with van der Waals surface area (Å²) in [5, 5.41) is 8.13. The molecule has 5 aromatic rings. The van der Waals surface area contributed by atoms with Gasteiger partial charge in [-0.05, 0) is 56.5 Å². The first-order valence-electron chi connectivity index (χ1n) is 12.1. The van der Waals surface area contributed by atoms with Gasteiger partial charge in [-0.2, -0.15) is 5.10 Å². The number of pyridine rings is 2. The zero-order valence-electron chi connectivity index (χ0n) is 19.9. The molecule has 9 heteroatoms. The lowest BCUT2D eigenvalue weighted by Crippen LogP contribution is -2.29. The molecule has 0 amide bonds. The van der Waals surface area contributed by atoms with E-state index in [1.165, 1.54) is 24.9 Å². The van der Waals surface area contributed by atoms with Gasteiger partial charge < -0.3 is 20.2 Å². The Hall–Kier alpha value is -4.14. The molecule has 4 aromatic heterocycles. The molecule has 1 aliphatic rings. The number of benzene rings is 1. The predicted octanol–water partition coefficient (Wildman–Crippen LogP) is 4.36. The molecule has 1 aliphatic heterocycles. The molecule has 1 atom stereocenters. The Balaban J connectivity index is 1.47. The van der Waals surface area contributed by atoms with E-state index in [2.05, 4.69) is 42.4 Å². The third-order valence-corrected chi connectivity index (χ3v) is 6.71. The Morgan fingerprint density at radius 3 is 2.71 bits per heavy atom. The number of nitrogens with one attached hydrogen (secondary N) is 3. The van der Waals surface area contributed by atoms with Crippen molar-refractivity contribution in [1.29, 1.82) is 0 Å². The van der Waals surface area contributed by atoms with Gasteiger partial charge in [0.25, 0.3) is 5.56 Å². The summed E-state index contributed by atoms with van der Waals surface area (Å²) < 4.78 is 1.70. The van der Waals surface area contributed by atoms with Gasteiger partial charge in [0.1, 0.15) is 16.9 Å². The van der Waals surface area contributed by atoms with Gasteiger partial charge in [0, 0.05) is 38.2 Å². The lowest BCUT2D eigenvalue weighted by atomic mass is 10.1. The fourth-order valence-corrected chi connectivity index (χ4v) is 4.94. The summed E-state index contributed by atoms with van der Waals surface area (Å²) in [5.41, 5.74) is 5.99. The van der Waals surface area contributed by atoms with Gasteiger partial charge in [0.05, 0.1) is 34.0 Å². The minimum absolute atomic E-state index is 0.142. The number of anilines is 2. The Kier molecular flexibility index (Phi) is 5.24. The molecule has 1 aromatic carbocycles. The van der Waals surface area contributed by atoms with Gasteiger partial charge >= 0.3 is 0 Å². The number of fused-ring (bicyclic) bond motifs is 2. The van der Waals surface area contributed by atoms with Crippen molar-refractivity contribution in [3.63, 3.8) is 0 Å². The van der Waals surface area contributed by atoms with Gasteiger partial charge in [0.15, 0.2) is 0 Å². The van der Waals surface area contributed by atoms with Crippen LogP contribution in [-0.2, 0) is 7.05 Å². The average Bonchev–Trinajstić information content (AvgIpc) is 3.47. The van der Waals surface area contributed by atoms with Gasteiger partial charge in [-0.25, -0.2) is 4.98 Å². The summed E-state index contributed by atoms with van der Waals surface area (Å²) in [6.45, 7) is 4.16. The van der Waals surface area contributed by atoms with Crippen molar-refractivity contribution in [2.75, 3.05) is 23.3 Å². The number of aromatic nitrogens is 6. The highest BCUT2D eigenvalue weighted by Crippen LogP contribution is 2.33. The Bertz CT molecular complexity index is 1560. The third-order valence-electron chi connectivity index (χ3n) is 6.71. The van der Waals surface area contributed by atoms with Crippen molar-refractivity contribution >= 4 is 33.4 Å². The monoisotopic (exact) mass is 468 g/mol. The van der Waals surface area contributed by atoms with Gasteiger partial charge in [-0.15, -0.1) is 0 Å². The van der Waals surface area contributed by atoms with Crippen molar-refractivity contribution < 1.29 is 0 Å². The zero-order chi connectivity index (χ0) is 23.9. The molecular weight excluding hydrogens is 440 g/mol. The Morgan fingerprint density at radius 1 is 1.06 bits per heavy atom. The molecule has 6 rings (SSSR count). The molecular formula is C26H28N8O. The van der Waals surface area contributed by atoms with Crippen LogP contribution in [0, 0.1) is 0 Å². The largest absolute Gasteiger partial charge is 0.374 e. The SMILES string of the molecule is C[C@H](Nc1c(-c2nc3ccc(N4CCCCC4)cc3[nH]2)c(=O)[nH]c2cn(C)nc12)c1ccccn1. The maximum Gasteiger partial charge on any atom is 0.261 e. The smallest absolute Gasteiger partial charge is 0.261 e. The van der Waals surface area contributed by atoms with Crippen LogP contribution in [0.4, 0.5) is 11.4 Å². The molecule has 9 nitrogen and oxygen atoms in total. The fourth-order valence-electron chi connectivity index (χ4n) is 4.94. The second kappa shape index (κ2) is 8.57. The molecule has 3 N–H and O–H groups in total. The molecule has 0 bridgehead atoms. The number of imidazole rings is 1. The van der Waals surface area contributed by atoms with Crippen molar-refractivity contribution in [2.24, 2.45) is 7.05 Å². The minimum atomic E-state index is -0.225. The Morgan fingerprint density at radius 2 is 1.91 bits per heavy atom. The van der Waals surface area contributed by atoms with Crippen molar-refractivity contribution in [3.05, 3.63) is 64.8 Å². The number of aryl methyl sites for hydroxylation is 1. The maximum atomic E-state index is 13.4. The van der Waals surface area contributed by atoms with Crippen LogP contribution in [0.5, 0.6) is 0 Å². The second-order valence-electron chi connectivity index (χ2n) is 9.22. The molecule has 35 heavy (non-hydrogen) atoms. The lowest BCUT2D eigenvalue weighted by molar-refractivity contribution is 0.578. The van der Waals surface area contributed by atoms with E-state index in [0.29, 0.717) is 28.1 Å². The minimum Gasteiger partial charge on any atom is -0.374 e. The van der Waals surface area contributed by atoms with E-state index in [1.54, 1.807) is 17.1 Å². The van der Waals surface area contributed by atoms with Crippen LogP contribution in [0.25, 0.3) is 33.5 Å². The molecule has 0 saturated carbocycles. The summed E-state index contributed by atoms with van der Waals surface area (Å²) >= 11 is 0. The van der Waals surface area contributed by atoms with Gasteiger partial charge in [0.2, 0.25) is 0 Å². The van der Waals surface area contributed by atoms with E-state index in [0.717, 1.165) is 29.8 Å². The number of H-pyrrole nitrogens is 2. The van der Waals surface area contributed by atoms with Crippen molar-refractivity contribution in [1.82, 2.24) is 29.7 Å². The number of piperidine rings is 1. The number of hydrogen-bond donors (Lipinski definition) is 3. The fraction of sp³-hybridized carbons (Fsp3) is 0.308. The first-order valence-corrected chi connectivity index (χ1v) is 12.1. The summed E-state index contributed by atoms with van der Waals surface area (Å²) in [6.07, 6.45) is 7.30. The molecule has 5 heterocycles. The van der Waals surface area contributed by atoms with E-state index in [9.17, 15) is 4.79 Å². The standard InChI is InChI=1S/C26H28N8O/c1-16(18-8-4-5-11-27-18)28-24-22(26(35)31-21-15-33(2)32-23(21)24)25-29-19-10-9-17(14-20(19)30-25)34-12-6-3-7-13-34/h4-5,8-11,14-16,28H,3,6-7,12-13H2,1-2H3,(H,29,30)(H,31,35)/t16-/m0/s1. The van der Waals surface area contributed by atoms with Crippen LogP contribution in [0.15, 0.2) is 53.6 Å². The van der Waals surface area contributed by atoms with Crippen LogP contribution in [0.3, 0.4) is 0 Å². The molecule has 178 valence electrons. The van der Waals surface area contributed by atoms with Crippen LogP contribution in [0.1, 0.15) is 37.9 Å². The summed E-state index contributed by atoms with van der Waals surface area (Å²) in [6, 6.07) is 11.9. The lowest BCUT2D eigenvalue weighted by Gasteiger charge is -2.28. The van der Waals surface area contributed by atoms with Crippen LogP contribution in [-0.4, -0.2) is 42.8 Å². The molecule has 0 radical (unpaired) electrons. The highest BCUT2D eigenvalue weighted by atomic mass is 16.1. The normalized spacial score (nSPS) is 15.1. The van der Waals surface area contributed by atoms with Gasteiger partial charge in [-0.1, -0.05) is 6.07 Å². The molecule has 0 spiro atoms. The first kappa shape index (κ1) is 21.4. The summed E-state index contributed by atoms with van der Waals surface area (Å²) in [5.74, 6) is 0.514. The first-order chi connectivity index (χ1) is 17.1. The van der Waals surface area contributed by atoms with Crippen LogP contribution in [0.2, 0.25) is 0 Å². The number of rotatable bonds is 5. The maximum absolute atomic E-state index is 13.4. The topological polar surface area (TPSA) is 108 Å². The highest BCUT2D eigenvalue weighted by Gasteiger charge is 2.22. The Labute approximate surface area is 202 Å². The van der Waals surface area contributed by atoms with Crippen LogP contribution >= 0.6 is 0 Å². The number of aromatic amines is 2.